The van der Waals surface area contributed by atoms with Gasteiger partial charge in [-0.25, -0.2) is 19.7 Å². The summed E-state index contributed by atoms with van der Waals surface area (Å²) >= 11 is 1.23. The highest BCUT2D eigenvalue weighted by molar-refractivity contribution is 7.17. The van der Waals surface area contributed by atoms with Crippen LogP contribution in [0.25, 0.3) is 10.7 Å². The number of esters is 1. The van der Waals surface area contributed by atoms with Crippen LogP contribution in [0.1, 0.15) is 15.4 Å². The van der Waals surface area contributed by atoms with Gasteiger partial charge in [-0.3, -0.25) is 0 Å². The monoisotopic (exact) mass is 265 g/mol. The fourth-order valence-electron chi connectivity index (χ4n) is 1.36. The molecule has 0 unspecified atom stereocenters. The van der Waals surface area contributed by atoms with Crippen molar-refractivity contribution in [3.05, 3.63) is 23.0 Å². The first-order chi connectivity index (χ1) is 8.65. The third-order valence-electron chi connectivity index (χ3n) is 2.24. The van der Waals surface area contributed by atoms with E-state index in [1.54, 1.807) is 13.0 Å². The number of hydrogen-bond acceptors (Lipinski definition) is 7. The summed E-state index contributed by atoms with van der Waals surface area (Å²) in [5.74, 6) is 0.0599. The first-order valence-corrected chi connectivity index (χ1v) is 5.89. The first kappa shape index (κ1) is 12.4. The molecular formula is C11H11N3O3S. The highest BCUT2D eigenvalue weighted by Crippen LogP contribution is 2.28. The van der Waals surface area contributed by atoms with Gasteiger partial charge < -0.3 is 9.47 Å². The number of aryl methyl sites for hydroxylation is 1. The third-order valence-corrected chi connectivity index (χ3v) is 3.40. The highest BCUT2D eigenvalue weighted by atomic mass is 32.1. The van der Waals surface area contributed by atoms with Crippen LogP contribution >= 0.6 is 11.3 Å². The van der Waals surface area contributed by atoms with Crippen LogP contribution in [0, 0.1) is 6.92 Å². The minimum atomic E-state index is -0.391. The predicted molar refractivity (Wildman–Crippen MR) is 65.8 cm³/mol. The van der Waals surface area contributed by atoms with E-state index >= 15 is 0 Å². The number of rotatable bonds is 3. The largest absolute Gasteiger partial charge is 0.481 e. The van der Waals surface area contributed by atoms with E-state index in [1.807, 2.05) is 0 Å². The second-order valence-electron chi connectivity index (χ2n) is 3.37. The molecule has 2 rings (SSSR count). The van der Waals surface area contributed by atoms with Crippen LogP contribution in [-0.2, 0) is 4.74 Å². The van der Waals surface area contributed by atoms with E-state index in [9.17, 15) is 4.79 Å². The molecule has 6 nitrogen and oxygen atoms in total. The molecule has 0 atom stereocenters. The molecule has 0 aliphatic heterocycles. The summed E-state index contributed by atoms with van der Waals surface area (Å²) in [6, 6.07) is 1.67. The molecular weight excluding hydrogens is 254 g/mol. The zero-order valence-corrected chi connectivity index (χ0v) is 10.9. The predicted octanol–water partition coefficient (Wildman–Crippen LogP) is 1.70. The molecule has 0 bridgehead atoms. The van der Waals surface area contributed by atoms with E-state index in [4.69, 9.17) is 4.74 Å². The van der Waals surface area contributed by atoms with Crippen LogP contribution < -0.4 is 4.74 Å². The van der Waals surface area contributed by atoms with E-state index in [2.05, 4.69) is 19.7 Å². The molecule has 7 heteroatoms. The Morgan fingerprint density at radius 2 is 2.11 bits per heavy atom. The summed E-state index contributed by atoms with van der Waals surface area (Å²) in [6.07, 6.45) is 1.39. The van der Waals surface area contributed by atoms with Crippen molar-refractivity contribution in [2.75, 3.05) is 14.2 Å². The topological polar surface area (TPSA) is 74.2 Å². The van der Waals surface area contributed by atoms with Gasteiger partial charge in [0, 0.05) is 6.07 Å². The Morgan fingerprint density at radius 3 is 2.78 bits per heavy atom. The molecule has 0 aromatic carbocycles. The first-order valence-electron chi connectivity index (χ1n) is 5.08. The lowest BCUT2D eigenvalue weighted by atomic mass is 10.4. The number of carbonyl (C=O) groups excluding carboxylic acids is 1. The van der Waals surface area contributed by atoms with Crippen LogP contribution in [0.15, 0.2) is 12.4 Å². The summed E-state index contributed by atoms with van der Waals surface area (Å²) in [7, 11) is 2.87. The van der Waals surface area contributed by atoms with Crippen LogP contribution in [0.4, 0.5) is 0 Å². The zero-order valence-electron chi connectivity index (χ0n) is 10.1. The summed E-state index contributed by atoms with van der Waals surface area (Å²) < 4.78 is 9.70. The van der Waals surface area contributed by atoms with Crippen LogP contribution in [0.5, 0.6) is 5.88 Å². The van der Waals surface area contributed by atoms with Crippen molar-refractivity contribution in [1.29, 1.82) is 0 Å². The van der Waals surface area contributed by atoms with Crippen LogP contribution in [0.2, 0.25) is 0 Å². The third kappa shape index (κ3) is 2.30. The molecule has 2 aromatic rings. The number of carbonyl (C=O) groups is 1. The standard InChI is InChI=1S/C11H11N3O3S/c1-6-9(11(15)17-3)18-10(14-6)7-4-8(16-2)13-5-12-7/h4-5H,1-3H3. The molecule has 0 aliphatic rings. The maximum absolute atomic E-state index is 11.5. The van der Waals surface area contributed by atoms with Crippen molar-refractivity contribution in [3.8, 4) is 16.6 Å². The molecule has 0 spiro atoms. The Morgan fingerprint density at radius 1 is 1.33 bits per heavy atom. The van der Waals surface area contributed by atoms with Gasteiger partial charge in [0.2, 0.25) is 5.88 Å². The van der Waals surface area contributed by atoms with Crippen molar-refractivity contribution in [2.45, 2.75) is 6.92 Å². The molecule has 2 heterocycles. The molecule has 0 saturated carbocycles. The van der Waals surface area contributed by atoms with E-state index < -0.39 is 5.97 Å². The summed E-state index contributed by atoms with van der Waals surface area (Å²) in [4.78, 5) is 24.3. The second-order valence-corrected chi connectivity index (χ2v) is 4.37. The summed E-state index contributed by atoms with van der Waals surface area (Å²) in [5.41, 5.74) is 1.24. The quantitative estimate of drug-likeness (QED) is 0.786. The SMILES string of the molecule is COC(=O)c1sc(-c2cc(OC)ncn2)nc1C. The average molecular weight is 265 g/mol. The van der Waals surface area contributed by atoms with Gasteiger partial charge in [0.1, 0.15) is 21.9 Å². The van der Waals surface area contributed by atoms with Crippen LogP contribution in [-0.4, -0.2) is 35.1 Å². The van der Waals surface area contributed by atoms with E-state index in [0.29, 0.717) is 27.2 Å². The van der Waals surface area contributed by atoms with Crippen molar-refractivity contribution in [3.63, 3.8) is 0 Å². The lowest BCUT2D eigenvalue weighted by Gasteiger charge is -1.98. The molecule has 0 N–H and O–H groups in total. The number of hydrogen-bond donors (Lipinski definition) is 0. The Hall–Kier alpha value is -2.02. The van der Waals surface area contributed by atoms with E-state index in [0.717, 1.165) is 0 Å². The Balaban J connectivity index is 2.42. The van der Waals surface area contributed by atoms with Crippen molar-refractivity contribution < 1.29 is 14.3 Å². The summed E-state index contributed by atoms with van der Waals surface area (Å²) in [6.45, 7) is 1.75. The van der Waals surface area contributed by atoms with Gasteiger partial charge in [-0.05, 0) is 6.92 Å². The molecule has 0 amide bonds. The maximum Gasteiger partial charge on any atom is 0.349 e. The fraction of sp³-hybridized carbons (Fsp3) is 0.273. The second kappa shape index (κ2) is 5.09. The highest BCUT2D eigenvalue weighted by Gasteiger charge is 2.17. The van der Waals surface area contributed by atoms with Gasteiger partial charge in [-0.2, -0.15) is 0 Å². The molecule has 94 valence electrons. The number of aromatic nitrogens is 3. The van der Waals surface area contributed by atoms with Crippen molar-refractivity contribution in [2.24, 2.45) is 0 Å². The van der Waals surface area contributed by atoms with E-state index in [1.165, 1.54) is 31.9 Å². The Kier molecular flexibility index (Phi) is 3.52. The smallest absolute Gasteiger partial charge is 0.349 e. The van der Waals surface area contributed by atoms with Gasteiger partial charge in [0.05, 0.1) is 19.9 Å². The lowest BCUT2D eigenvalue weighted by molar-refractivity contribution is 0.0605. The van der Waals surface area contributed by atoms with Gasteiger partial charge in [0.15, 0.2) is 0 Å². The van der Waals surface area contributed by atoms with Gasteiger partial charge in [-0.15, -0.1) is 11.3 Å². The summed E-state index contributed by atoms with van der Waals surface area (Å²) in [5, 5.41) is 0.633. The molecule has 2 aromatic heterocycles. The van der Waals surface area contributed by atoms with Gasteiger partial charge in [0.25, 0.3) is 0 Å². The van der Waals surface area contributed by atoms with Crippen LogP contribution in [0.3, 0.4) is 0 Å². The van der Waals surface area contributed by atoms with E-state index in [-0.39, 0.29) is 0 Å². The van der Waals surface area contributed by atoms with Crippen molar-refractivity contribution in [1.82, 2.24) is 15.0 Å². The minimum absolute atomic E-state index is 0.391. The zero-order chi connectivity index (χ0) is 13.1. The molecule has 0 radical (unpaired) electrons. The number of methoxy groups -OCH3 is 2. The van der Waals surface area contributed by atoms with Crippen molar-refractivity contribution >= 4 is 17.3 Å². The maximum atomic E-state index is 11.5. The Bertz CT molecular complexity index is 583. The average Bonchev–Trinajstić information content (AvgIpc) is 2.80. The molecule has 18 heavy (non-hydrogen) atoms. The van der Waals surface area contributed by atoms with Gasteiger partial charge in [-0.1, -0.05) is 0 Å². The minimum Gasteiger partial charge on any atom is -0.481 e. The molecule has 0 saturated heterocycles. The normalized spacial score (nSPS) is 10.2. The number of nitrogens with zero attached hydrogens (tertiary/aromatic N) is 3. The fourth-order valence-corrected chi connectivity index (χ4v) is 2.31. The Labute approximate surface area is 108 Å². The molecule has 0 aliphatic carbocycles. The molecule has 0 fully saturated rings. The lowest BCUT2D eigenvalue weighted by Crippen LogP contribution is -1.99. The van der Waals surface area contributed by atoms with Gasteiger partial charge >= 0.3 is 5.97 Å². The number of thiazole rings is 1. The number of ether oxygens (including phenoxy) is 2.